The van der Waals surface area contributed by atoms with Crippen molar-refractivity contribution in [2.75, 3.05) is 26.3 Å². The van der Waals surface area contributed by atoms with E-state index in [-0.39, 0.29) is 12.1 Å². The lowest BCUT2D eigenvalue weighted by Gasteiger charge is -2.36. The van der Waals surface area contributed by atoms with Crippen LogP contribution in [0.1, 0.15) is 32.5 Å². The Bertz CT molecular complexity index is 493. The Kier molecular flexibility index (Phi) is 5.41. The monoisotopic (exact) mass is 354 g/mol. The molecule has 1 aromatic carbocycles. The molecule has 1 amide bonds. The van der Waals surface area contributed by atoms with Crippen LogP contribution in [-0.4, -0.2) is 37.1 Å². The number of nitrogens with zero attached hydrogens (tertiary/aromatic N) is 1. The van der Waals surface area contributed by atoms with Crippen LogP contribution >= 0.6 is 15.9 Å². The maximum atomic E-state index is 12.4. The predicted molar refractivity (Wildman–Crippen MR) is 86.9 cm³/mol. The number of benzene rings is 1. The van der Waals surface area contributed by atoms with Crippen LogP contribution in [0.15, 0.2) is 28.7 Å². The molecule has 1 fully saturated rings. The maximum Gasteiger partial charge on any atom is 0.226 e. The van der Waals surface area contributed by atoms with E-state index in [0.29, 0.717) is 13.2 Å². The van der Waals surface area contributed by atoms with Crippen molar-refractivity contribution >= 4 is 21.8 Å². The highest BCUT2D eigenvalue weighted by Crippen LogP contribution is 2.24. The smallest absolute Gasteiger partial charge is 0.226 e. The van der Waals surface area contributed by atoms with E-state index in [1.807, 2.05) is 39.0 Å². The van der Waals surface area contributed by atoms with E-state index in [1.165, 1.54) is 0 Å². The first-order chi connectivity index (χ1) is 9.88. The van der Waals surface area contributed by atoms with Crippen molar-refractivity contribution in [3.63, 3.8) is 0 Å². The van der Waals surface area contributed by atoms with Gasteiger partial charge in [-0.05, 0) is 17.7 Å². The Labute approximate surface area is 135 Å². The minimum atomic E-state index is -0.406. The fourth-order valence-corrected chi connectivity index (χ4v) is 2.66. The molecule has 116 valence electrons. The number of nitrogens with one attached hydrogen (secondary N) is 1. The second-order valence-corrected chi connectivity index (χ2v) is 7.25. The highest BCUT2D eigenvalue weighted by molar-refractivity contribution is 9.10. The van der Waals surface area contributed by atoms with Crippen LogP contribution in [0.25, 0.3) is 0 Å². The van der Waals surface area contributed by atoms with Crippen LogP contribution in [0.2, 0.25) is 0 Å². The first-order valence-electron chi connectivity index (χ1n) is 7.26. The van der Waals surface area contributed by atoms with Crippen LogP contribution in [0.4, 0.5) is 0 Å². The van der Waals surface area contributed by atoms with Gasteiger partial charge in [0.25, 0.3) is 0 Å². The standard InChI is InChI=1S/C16H23BrN2O2/c1-16(2,3)15(20)18-14(19-7-9-21-10-8-19)12-5-4-6-13(17)11-12/h4-6,11,14H,7-10H2,1-3H3,(H,18,20). The van der Waals surface area contributed by atoms with Gasteiger partial charge in [0.1, 0.15) is 6.17 Å². The quantitative estimate of drug-likeness (QED) is 0.907. The molecular formula is C16H23BrN2O2. The summed E-state index contributed by atoms with van der Waals surface area (Å²) in [5.41, 5.74) is 0.681. The van der Waals surface area contributed by atoms with Crippen molar-refractivity contribution in [2.45, 2.75) is 26.9 Å². The van der Waals surface area contributed by atoms with E-state index >= 15 is 0 Å². The molecule has 1 aliphatic rings. The molecule has 0 radical (unpaired) electrons. The largest absolute Gasteiger partial charge is 0.379 e. The average molecular weight is 355 g/mol. The number of rotatable bonds is 3. The highest BCUT2D eigenvalue weighted by atomic mass is 79.9. The topological polar surface area (TPSA) is 41.6 Å². The first kappa shape index (κ1) is 16.5. The van der Waals surface area contributed by atoms with Gasteiger partial charge in [0, 0.05) is 23.0 Å². The number of halogens is 1. The third-order valence-corrected chi connectivity index (χ3v) is 4.02. The van der Waals surface area contributed by atoms with Crippen LogP contribution in [0.3, 0.4) is 0 Å². The van der Waals surface area contributed by atoms with Gasteiger partial charge in [-0.15, -0.1) is 0 Å². The zero-order valence-corrected chi connectivity index (χ0v) is 14.4. The molecule has 1 heterocycles. The summed E-state index contributed by atoms with van der Waals surface area (Å²) in [6, 6.07) is 8.10. The normalized spacial score (nSPS) is 18.3. The van der Waals surface area contributed by atoms with Crippen molar-refractivity contribution in [1.29, 1.82) is 0 Å². The molecule has 1 unspecified atom stereocenters. The second kappa shape index (κ2) is 6.90. The van der Waals surface area contributed by atoms with Crippen molar-refractivity contribution < 1.29 is 9.53 Å². The third kappa shape index (κ3) is 4.53. The van der Waals surface area contributed by atoms with E-state index in [9.17, 15) is 4.79 Å². The van der Waals surface area contributed by atoms with Gasteiger partial charge in [-0.3, -0.25) is 9.69 Å². The second-order valence-electron chi connectivity index (χ2n) is 6.33. The summed E-state index contributed by atoms with van der Waals surface area (Å²) in [5, 5.41) is 3.18. The molecule has 5 heteroatoms. The lowest BCUT2D eigenvalue weighted by atomic mass is 9.95. The summed E-state index contributed by atoms with van der Waals surface area (Å²) in [7, 11) is 0. The molecule has 1 atom stereocenters. The minimum absolute atomic E-state index is 0.0546. The molecule has 1 N–H and O–H groups in total. The van der Waals surface area contributed by atoms with Crippen molar-refractivity contribution in [2.24, 2.45) is 5.41 Å². The number of amides is 1. The molecule has 4 nitrogen and oxygen atoms in total. The van der Waals surface area contributed by atoms with Gasteiger partial charge in [0.05, 0.1) is 13.2 Å². The average Bonchev–Trinajstić information content (AvgIpc) is 2.44. The number of hydrogen-bond donors (Lipinski definition) is 1. The van der Waals surface area contributed by atoms with E-state index in [2.05, 4.69) is 32.2 Å². The summed E-state index contributed by atoms with van der Waals surface area (Å²) in [6.07, 6.45) is -0.113. The third-order valence-electron chi connectivity index (χ3n) is 3.52. The number of morpholine rings is 1. The fourth-order valence-electron chi connectivity index (χ4n) is 2.24. The Morgan fingerprint density at radius 2 is 2.00 bits per heavy atom. The molecule has 1 saturated heterocycles. The van der Waals surface area contributed by atoms with E-state index in [0.717, 1.165) is 23.1 Å². The Balaban J connectivity index is 2.23. The lowest BCUT2D eigenvalue weighted by Crippen LogP contribution is -2.49. The van der Waals surface area contributed by atoms with E-state index in [1.54, 1.807) is 0 Å². The summed E-state index contributed by atoms with van der Waals surface area (Å²) >= 11 is 3.50. The molecular weight excluding hydrogens is 332 g/mol. The Hall–Kier alpha value is -0.910. The molecule has 0 aliphatic carbocycles. The van der Waals surface area contributed by atoms with E-state index in [4.69, 9.17) is 4.74 Å². The predicted octanol–water partition coefficient (Wildman–Crippen LogP) is 2.94. The van der Waals surface area contributed by atoms with E-state index < -0.39 is 5.41 Å². The molecule has 0 saturated carbocycles. The van der Waals surface area contributed by atoms with Crippen LogP contribution in [0, 0.1) is 5.41 Å². The molecule has 2 rings (SSSR count). The number of carbonyl (C=O) groups excluding carboxylic acids is 1. The fraction of sp³-hybridized carbons (Fsp3) is 0.562. The lowest BCUT2D eigenvalue weighted by molar-refractivity contribution is -0.131. The Morgan fingerprint density at radius 3 is 2.57 bits per heavy atom. The minimum Gasteiger partial charge on any atom is -0.379 e. The molecule has 0 bridgehead atoms. The molecule has 0 spiro atoms. The summed E-state index contributed by atoms with van der Waals surface area (Å²) < 4.78 is 6.44. The van der Waals surface area contributed by atoms with Gasteiger partial charge in [0.2, 0.25) is 5.91 Å². The first-order valence-corrected chi connectivity index (χ1v) is 8.05. The van der Waals surface area contributed by atoms with Gasteiger partial charge in [0.15, 0.2) is 0 Å². The number of carbonyl (C=O) groups is 1. The van der Waals surface area contributed by atoms with Gasteiger partial charge >= 0.3 is 0 Å². The molecule has 1 aromatic rings. The zero-order chi connectivity index (χ0) is 15.5. The van der Waals surface area contributed by atoms with Gasteiger partial charge in [-0.25, -0.2) is 0 Å². The molecule has 1 aliphatic heterocycles. The van der Waals surface area contributed by atoms with Crippen molar-refractivity contribution in [1.82, 2.24) is 10.2 Å². The van der Waals surface area contributed by atoms with Gasteiger partial charge < -0.3 is 10.1 Å². The zero-order valence-electron chi connectivity index (χ0n) is 12.9. The van der Waals surface area contributed by atoms with Gasteiger partial charge in [-0.2, -0.15) is 0 Å². The Morgan fingerprint density at radius 1 is 1.33 bits per heavy atom. The summed E-state index contributed by atoms with van der Waals surface area (Å²) in [6.45, 7) is 8.84. The number of ether oxygens (including phenoxy) is 1. The summed E-state index contributed by atoms with van der Waals surface area (Å²) in [5.74, 6) is 0.0546. The van der Waals surface area contributed by atoms with Crippen LogP contribution in [-0.2, 0) is 9.53 Å². The van der Waals surface area contributed by atoms with Crippen molar-refractivity contribution in [3.05, 3.63) is 34.3 Å². The van der Waals surface area contributed by atoms with Crippen molar-refractivity contribution in [3.8, 4) is 0 Å². The van der Waals surface area contributed by atoms with Gasteiger partial charge in [-0.1, -0.05) is 48.8 Å². The van der Waals surface area contributed by atoms with Crippen LogP contribution < -0.4 is 5.32 Å². The molecule has 21 heavy (non-hydrogen) atoms. The SMILES string of the molecule is CC(C)(C)C(=O)NC(c1cccc(Br)c1)N1CCOCC1. The summed E-state index contributed by atoms with van der Waals surface area (Å²) in [4.78, 5) is 14.7. The molecule has 0 aromatic heterocycles. The number of hydrogen-bond acceptors (Lipinski definition) is 3. The maximum absolute atomic E-state index is 12.4. The highest BCUT2D eigenvalue weighted by Gasteiger charge is 2.29. The van der Waals surface area contributed by atoms with Crippen LogP contribution in [0.5, 0.6) is 0 Å².